The Morgan fingerprint density at radius 3 is 2.52 bits per heavy atom. The highest BCUT2D eigenvalue weighted by molar-refractivity contribution is 7.07. The molecular formula is C23H20N4OS. The van der Waals surface area contributed by atoms with Gasteiger partial charge in [-0.05, 0) is 42.0 Å². The molecule has 4 rings (SSSR count). The number of nitrogens with zero attached hydrogens (tertiary/aromatic N) is 4. The van der Waals surface area contributed by atoms with Gasteiger partial charge in [-0.2, -0.15) is 5.10 Å². The summed E-state index contributed by atoms with van der Waals surface area (Å²) in [7, 11) is 1.66. The monoisotopic (exact) mass is 400 g/mol. The molecular weight excluding hydrogens is 380 g/mol. The second-order valence-electron chi connectivity index (χ2n) is 6.24. The van der Waals surface area contributed by atoms with Crippen LogP contribution in [0.15, 0.2) is 94.5 Å². The van der Waals surface area contributed by atoms with Gasteiger partial charge >= 0.3 is 0 Å². The lowest BCUT2D eigenvalue weighted by Gasteiger charge is -2.05. The first kappa shape index (κ1) is 18.8. The van der Waals surface area contributed by atoms with Crippen LogP contribution in [0.3, 0.4) is 0 Å². The van der Waals surface area contributed by atoms with E-state index in [4.69, 9.17) is 9.73 Å². The smallest absolute Gasteiger partial charge is 0.206 e. The van der Waals surface area contributed by atoms with Gasteiger partial charge in [0.1, 0.15) is 5.75 Å². The van der Waals surface area contributed by atoms with Gasteiger partial charge in [-0.25, -0.2) is 4.68 Å². The summed E-state index contributed by atoms with van der Waals surface area (Å²) < 4.78 is 7.14. The lowest BCUT2D eigenvalue weighted by molar-refractivity contribution is 0.415. The number of benzene rings is 2. The maximum absolute atomic E-state index is 5.27. The van der Waals surface area contributed by atoms with Crippen molar-refractivity contribution in [2.45, 2.75) is 6.54 Å². The first-order valence-corrected chi connectivity index (χ1v) is 10.1. The molecule has 2 aromatic heterocycles. The highest BCUT2D eigenvalue weighted by Gasteiger charge is 2.08. The second kappa shape index (κ2) is 9.12. The largest absolute Gasteiger partial charge is 0.497 e. The Bertz CT molecular complexity index is 1150. The average Bonchev–Trinajstić information content (AvgIpc) is 3.20. The van der Waals surface area contributed by atoms with Gasteiger partial charge in [-0.15, -0.1) is 11.3 Å². The number of aromatic nitrogens is 2. The van der Waals surface area contributed by atoms with E-state index < -0.39 is 0 Å². The number of pyridine rings is 1. The zero-order chi connectivity index (χ0) is 19.9. The molecule has 0 spiro atoms. The van der Waals surface area contributed by atoms with Gasteiger partial charge in [0.2, 0.25) is 4.80 Å². The van der Waals surface area contributed by atoms with Gasteiger partial charge in [0, 0.05) is 17.1 Å². The summed E-state index contributed by atoms with van der Waals surface area (Å²) in [6, 6.07) is 23.9. The molecule has 0 radical (unpaired) electrons. The van der Waals surface area contributed by atoms with Gasteiger partial charge in [-0.1, -0.05) is 36.4 Å². The summed E-state index contributed by atoms with van der Waals surface area (Å²) in [5.41, 5.74) is 3.96. The summed E-state index contributed by atoms with van der Waals surface area (Å²) in [4.78, 5) is 9.94. The van der Waals surface area contributed by atoms with E-state index in [-0.39, 0.29) is 0 Å². The zero-order valence-electron chi connectivity index (χ0n) is 16.0. The van der Waals surface area contributed by atoms with E-state index in [1.54, 1.807) is 30.9 Å². The summed E-state index contributed by atoms with van der Waals surface area (Å²) in [5, 5.41) is 6.75. The van der Waals surface area contributed by atoms with E-state index in [0.717, 1.165) is 33.1 Å². The van der Waals surface area contributed by atoms with Gasteiger partial charge in [-0.3, -0.25) is 9.98 Å². The molecule has 29 heavy (non-hydrogen) atoms. The fraction of sp³-hybridized carbons (Fsp3) is 0.0870. The van der Waals surface area contributed by atoms with E-state index in [9.17, 15) is 0 Å². The van der Waals surface area contributed by atoms with Gasteiger partial charge < -0.3 is 4.74 Å². The first-order valence-electron chi connectivity index (χ1n) is 9.18. The topological polar surface area (TPSA) is 51.8 Å². The van der Waals surface area contributed by atoms with Crippen molar-refractivity contribution in [1.29, 1.82) is 0 Å². The summed E-state index contributed by atoms with van der Waals surface area (Å²) in [6.07, 6.45) is 3.51. The van der Waals surface area contributed by atoms with Crippen molar-refractivity contribution in [3.05, 3.63) is 100 Å². The van der Waals surface area contributed by atoms with Crippen LogP contribution in [0, 0.1) is 0 Å². The number of hydrogen-bond acceptors (Lipinski definition) is 5. The molecule has 0 aliphatic carbocycles. The Balaban J connectivity index is 1.74. The first-order chi connectivity index (χ1) is 14.3. The molecule has 0 bridgehead atoms. The van der Waals surface area contributed by atoms with Gasteiger partial charge in [0.15, 0.2) is 0 Å². The molecule has 0 aliphatic heterocycles. The van der Waals surface area contributed by atoms with Crippen LogP contribution in [0.25, 0.3) is 11.3 Å². The Kier molecular flexibility index (Phi) is 5.92. The van der Waals surface area contributed by atoms with Crippen molar-refractivity contribution < 1.29 is 4.74 Å². The van der Waals surface area contributed by atoms with Crippen LogP contribution in [0.5, 0.6) is 5.75 Å². The third-order valence-electron chi connectivity index (χ3n) is 4.30. The molecule has 5 nitrogen and oxygen atoms in total. The maximum Gasteiger partial charge on any atom is 0.206 e. The molecule has 0 saturated heterocycles. The predicted octanol–water partition coefficient (Wildman–Crippen LogP) is 4.60. The molecule has 0 aliphatic rings. The number of rotatable bonds is 6. The Hall–Kier alpha value is -3.51. The standard InChI is InChI=1S/C23H20N4OS/c1-28-21-12-10-19(11-13-21)22-17-29-23(25-15-18-7-3-2-4-8-18)27(22)26-16-20-9-5-6-14-24-20/h2-14,16-17H,15H2,1H3. The fourth-order valence-electron chi connectivity index (χ4n) is 2.79. The third-order valence-corrected chi connectivity index (χ3v) is 5.16. The lowest BCUT2D eigenvalue weighted by atomic mass is 10.2. The molecule has 6 heteroatoms. The molecule has 0 unspecified atom stereocenters. The van der Waals surface area contributed by atoms with Crippen molar-refractivity contribution in [3.63, 3.8) is 0 Å². The molecule has 0 saturated carbocycles. The van der Waals surface area contributed by atoms with Crippen molar-refractivity contribution in [1.82, 2.24) is 9.66 Å². The van der Waals surface area contributed by atoms with Crippen molar-refractivity contribution in [3.8, 4) is 17.0 Å². The zero-order valence-corrected chi connectivity index (χ0v) is 16.8. The van der Waals surface area contributed by atoms with Crippen LogP contribution in [0.2, 0.25) is 0 Å². The van der Waals surface area contributed by atoms with Gasteiger partial charge in [0.25, 0.3) is 0 Å². The van der Waals surface area contributed by atoms with Gasteiger partial charge in [0.05, 0.1) is 31.3 Å². The SMILES string of the molecule is COc1ccc(-c2csc(=NCc3ccccc3)n2N=Cc2ccccn2)cc1. The lowest BCUT2D eigenvalue weighted by Crippen LogP contribution is -2.12. The van der Waals surface area contributed by atoms with Crippen molar-refractivity contribution >= 4 is 17.6 Å². The molecule has 4 aromatic rings. The molecule has 0 N–H and O–H groups in total. The minimum atomic E-state index is 0.600. The van der Waals surface area contributed by atoms with Crippen LogP contribution in [0.1, 0.15) is 11.3 Å². The van der Waals surface area contributed by atoms with Crippen LogP contribution < -0.4 is 9.54 Å². The Morgan fingerprint density at radius 2 is 1.79 bits per heavy atom. The predicted molar refractivity (Wildman–Crippen MR) is 117 cm³/mol. The summed E-state index contributed by atoms with van der Waals surface area (Å²) >= 11 is 1.57. The quantitative estimate of drug-likeness (QED) is 0.444. The number of ether oxygens (including phenoxy) is 1. The average molecular weight is 401 g/mol. The van der Waals surface area contributed by atoms with Crippen LogP contribution in [-0.2, 0) is 6.54 Å². The van der Waals surface area contributed by atoms with Crippen molar-refractivity contribution in [2.75, 3.05) is 7.11 Å². The van der Waals surface area contributed by atoms with E-state index in [1.807, 2.05) is 65.3 Å². The molecule has 2 heterocycles. The highest BCUT2D eigenvalue weighted by atomic mass is 32.1. The summed E-state index contributed by atoms with van der Waals surface area (Å²) in [6.45, 7) is 0.600. The number of hydrogen-bond donors (Lipinski definition) is 0. The Labute approximate surface area is 173 Å². The minimum absolute atomic E-state index is 0.600. The maximum atomic E-state index is 5.27. The molecule has 0 amide bonds. The van der Waals surface area contributed by atoms with E-state index in [1.165, 1.54) is 0 Å². The highest BCUT2D eigenvalue weighted by Crippen LogP contribution is 2.23. The normalized spacial score (nSPS) is 11.8. The van der Waals surface area contributed by atoms with E-state index in [0.29, 0.717) is 6.54 Å². The number of methoxy groups -OCH3 is 1. The van der Waals surface area contributed by atoms with E-state index >= 15 is 0 Å². The van der Waals surface area contributed by atoms with Crippen LogP contribution >= 0.6 is 11.3 Å². The molecule has 0 atom stereocenters. The van der Waals surface area contributed by atoms with Crippen molar-refractivity contribution in [2.24, 2.45) is 10.1 Å². The second-order valence-corrected chi connectivity index (χ2v) is 7.08. The number of thiazole rings is 1. The fourth-order valence-corrected chi connectivity index (χ4v) is 3.63. The Morgan fingerprint density at radius 1 is 1.00 bits per heavy atom. The van der Waals surface area contributed by atoms with Crippen LogP contribution in [-0.4, -0.2) is 23.0 Å². The molecule has 2 aromatic carbocycles. The van der Waals surface area contributed by atoms with E-state index in [2.05, 4.69) is 27.6 Å². The molecule has 0 fully saturated rings. The molecule has 144 valence electrons. The summed E-state index contributed by atoms with van der Waals surface area (Å²) in [5.74, 6) is 0.821. The third kappa shape index (κ3) is 4.67. The van der Waals surface area contributed by atoms with Crippen LogP contribution in [0.4, 0.5) is 0 Å². The minimum Gasteiger partial charge on any atom is -0.497 e.